The largest absolute Gasteiger partial charge is 0.494 e. The van der Waals surface area contributed by atoms with Crippen LogP contribution >= 0.6 is 11.3 Å². The minimum atomic E-state index is -0.0295. The summed E-state index contributed by atoms with van der Waals surface area (Å²) in [5.74, 6) is 1.56. The summed E-state index contributed by atoms with van der Waals surface area (Å²) in [6.07, 6.45) is 5.66. The highest BCUT2D eigenvalue weighted by Crippen LogP contribution is 2.42. The number of rotatable bonds is 4. The van der Waals surface area contributed by atoms with Gasteiger partial charge in [-0.1, -0.05) is 0 Å². The molecule has 0 radical (unpaired) electrons. The molecular formula is C23H21N7O2S. The molecule has 2 aliphatic rings. The number of nitrogens with zero attached hydrogens (tertiary/aromatic N) is 5. The Morgan fingerprint density at radius 2 is 2.24 bits per heavy atom. The molecule has 3 aromatic heterocycles. The van der Waals surface area contributed by atoms with Crippen molar-refractivity contribution in [1.29, 1.82) is 5.26 Å². The van der Waals surface area contributed by atoms with Crippen LogP contribution < -0.4 is 10.1 Å². The molecule has 0 bridgehead atoms. The number of methoxy groups -OCH3 is 1. The van der Waals surface area contributed by atoms with E-state index in [-0.39, 0.29) is 17.7 Å². The quantitative estimate of drug-likeness (QED) is 0.480. The van der Waals surface area contributed by atoms with E-state index in [2.05, 4.69) is 31.6 Å². The zero-order chi connectivity index (χ0) is 22.5. The number of amides is 1. The summed E-state index contributed by atoms with van der Waals surface area (Å²) in [6.45, 7) is 1.13. The SMILES string of the molecule is COc1cc2[nH]ncc2cc1Nc1ncnc2sc3c(c12)CC[C@H](C(=O)N1CC(C#N)C1)C3. The number of carbonyl (C=O) groups excluding carboxylic acids is 1. The summed E-state index contributed by atoms with van der Waals surface area (Å²) in [7, 11) is 1.64. The third kappa shape index (κ3) is 3.27. The maximum absolute atomic E-state index is 12.9. The Balaban J connectivity index is 1.31. The number of H-pyrrole nitrogens is 1. The first-order valence-electron chi connectivity index (χ1n) is 10.9. The van der Waals surface area contributed by atoms with Crippen molar-refractivity contribution in [3.63, 3.8) is 0 Å². The first-order chi connectivity index (χ1) is 16.1. The summed E-state index contributed by atoms with van der Waals surface area (Å²) in [6, 6.07) is 6.14. The lowest BCUT2D eigenvalue weighted by Gasteiger charge is -2.38. The Morgan fingerprint density at radius 3 is 3.06 bits per heavy atom. The molecule has 1 aliphatic carbocycles. The number of aromatic amines is 1. The van der Waals surface area contributed by atoms with Gasteiger partial charge in [-0.2, -0.15) is 10.4 Å². The molecule has 0 spiro atoms. The van der Waals surface area contributed by atoms with Gasteiger partial charge in [0.1, 0.15) is 22.7 Å². The van der Waals surface area contributed by atoms with Crippen molar-refractivity contribution in [1.82, 2.24) is 25.1 Å². The smallest absolute Gasteiger partial charge is 0.226 e. The average Bonchev–Trinajstić information content (AvgIpc) is 3.41. The molecule has 9 nitrogen and oxygen atoms in total. The number of thiophene rings is 1. The second-order valence-corrected chi connectivity index (χ2v) is 9.63. The topological polar surface area (TPSA) is 120 Å². The van der Waals surface area contributed by atoms with Crippen LogP contribution in [0.5, 0.6) is 5.75 Å². The number of likely N-dealkylation sites (tertiary alicyclic amines) is 1. The Morgan fingerprint density at radius 1 is 1.36 bits per heavy atom. The van der Waals surface area contributed by atoms with E-state index in [0.29, 0.717) is 25.3 Å². The molecule has 1 saturated heterocycles. The molecule has 1 aromatic carbocycles. The number of hydrogen-bond acceptors (Lipinski definition) is 8. The second kappa shape index (κ2) is 7.71. The first-order valence-corrected chi connectivity index (χ1v) is 11.7. The summed E-state index contributed by atoms with van der Waals surface area (Å²) in [5, 5.41) is 21.5. The number of carbonyl (C=O) groups is 1. The van der Waals surface area contributed by atoms with E-state index in [1.54, 1.807) is 31.0 Å². The van der Waals surface area contributed by atoms with Gasteiger partial charge < -0.3 is 15.0 Å². The molecule has 1 aliphatic heterocycles. The molecule has 166 valence electrons. The van der Waals surface area contributed by atoms with Gasteiger partial charge in [-0.05, 0) is 30.9 Å². The summed E-state index contributed by atoms with van der Waals surface area (Å²) >= 11 is 1.64. The Bertz CT molecular complexity index is 1430. The molecule has 1 atom stereocenters. The van der Waals surface area contributed by atoms with E-state index < -0.39 is 0 Å². The van der Waals surface area contributed by atoms with Crippen LogP contribution in [0.4, 0.5) is 11.5 Å². The highest BCUT2D eigenvalue weighted by atomic mass is 32.1. The van der Waals surface area contributed by atoms with E-state index in [1.165, 1.54) is 10.4 Å². The van der Waals surface area contributed by atoms with Crippen molar-refractivity contribution < 1.29 is 9.53 Å². The van der Waals surface area contributed by atoms with Crippen LogP contribution in [0.1, 0.15) is 16.9 Å². The van der Waals surface area contributed by atoms with Gasteiger partial charge in [0.15, 0.2) is 0 Å². The zero-order valence-corrected chi connectivity index (χ0v) is 18.8. The van der Waals surface area contributed by atoms with Crippen LogP contribution in [0.3, 0.4) is 0 Å². The van der Waals surface area contributed by atoms with Crippen LogP contribution in [-0.2, 0) is 17.6 Å². The summed E-state index contributed by atoms with van der Waals surface area (Å²) in [4.78, 5) is 25.9. The minimum absolute atomic E-state index is 0.0143. The zero-order valence-electron chi connectivity index (χ0n) is 18.0. The lowest BCUT2D eigenvalue weighted by Crippen LogP contribution is -2.52. The highest BCUT2D eigenvalue weighted by molar-refractivity contribution is 7.19. The average molecular weight is 460 g/mol. The van der Waals surface area contributed by atoms with Crippen molar-refractivity contribution in [2.45, 2.75) is 19.3 Å². The third-order valence-corrected chi connectivity index (χ3v) is 7.75. The number of anilines is 2. The molecule has 1 fully saturated rings. The van der Waals surface area contributed by atoms with Crippen molar-refractivity contribution in [3.8, 4) is 11.8 Å². The second-order valence-electron chi connectivity index (χ2n) is 8.55. The van der Waals surface area contributed by atoms with Crippen LogP contribution in [0.2, 0.25) is 0 Å². The van der Waals surface area contributed by atoms with E-state index in [0.717, 1.165) is 45.5 Å². The van der Waals surface area contributed by atoms with Gasteiger partial charge in [-0.15, -0.1) is 11.3 Å². The van der Waals surface area contributed by atoms with Crippen LogP contribution in [0, 0.1) is 23.2 Å². The van der Waals surface area contributed by atoms with E-state index in [1.807, 2.05) is 17.0 Å². The predicted molar refractivity (Wildman–Crippen MR) is 125 cm³/mol. The Hall–Kier alpha value is -3.71. The number of aromatic nitrogens is 4. The molecule has 4 heterocycles. The highest BCUT2D eigenvalue weighted by Gasteiger charge is 2.37. The van der Waals surface area contributed by atoms with Crippen LogP contribution in [-0.4, -0.2) is 51.2 Å². The van der Waals surface area contributed by atoms with E-state index in [9.17, 15) is 4.79 Å². The first kappa shape index (κ1) is 19.9. The van der Waals surface area contributed by atoms with Crippen molar-refractivity contribution in [3.05, 3.63) is 35.1 Å². The van der Waals surface area contributed by atoms with Crippen molar-refractivity contribution >= 4 is 49.9 Å². The Kier molecular flexibility index (Phi) is 4.66. The number of hydrogen-bond donors (Lipinski definition) is 2. The molecule has 33 heavy (non-hydrogen) atoms. The van der Waals surface area contributed by atoms with Gasteiger partial charge in [0, 0.05) is 35.3 Å². The minimum Gasteiger partial charge on any atom is -0.494 e. The van der Waals surface area contributed by atoms with Gasteiger partial charge in [0.25, 0.3) is 0 Å². The number of nitriles is 1. The molecule has 4 aromatic rings. The van der Waals surface area contributed by atoms with Gasteiger partial charge in [-0.3, -0.25) is 9.89 Å². The molecule has 0 saturated carbocycles. The Labute approximate surface area is 193 Å². The van der Waals surface area contributed by atoms with E-state index in [4.69, 9.17) is 10.00 Å². The maximum Gasteiger partial charge on any atom is 0.226 e. The number of nitrogens with one attached hydrogen (secondary N) is 2. The molecule has 1 amide bonds. The normalized spacial score (nSPS) is 18.1. The molecule has 6 rings (SSSR count). The number of benzene rings is 1. The summed E-state index contributed by atoms with van der Waals surface area (Å²) in [5.41, 5.74) is 2.93. The number of fused-ring (bicyclic) bond motifs is 4. The summed E-state index contributed by atoms with van der Waals surface area (Å²) < 4.78 is 5.58. The fourth-order valence-electron chi connectivity index (χ4n) is 4.78. The molecule has 0 unspecified atom stereocenters. The third-order valence-electron chi connectivity index (χ3n) is 6.58. The predicted octanol–water partition coefficient (Wildman–Crippen LogP) is 3.41. The monoisotopic (exact) mass is 459 g/mol. The lowest BCUT2D eigenvalue weighted by atomic mass is 9.85. The van der Waals surface area contributed by atoms with Crippen molar-refractivity contribution in [2.24, 2.45) is 11.8 Å². The fourth-order valence-corrected chi connectivity index (χ4v) is 6.05. The standard InChI is InChI=1S/C23H21N7O2S/c1-32-18-6-16-14(8-27-29-16)4-17(18)28-21-20-15-3-2-13(23(31)30-9-12(7-24)10-30)5-19(15)33-22(20)26-11-25-21/h4,6,8,11-13H,2-3,5,9-10H2,1H3,(H,27,29)(H,25,26,28)/t13-/m0/s1. The number of aryl methyl sites for hydroxylation is 1. The van der Waals surface area contributed by atoms with Crippen LogP contribution in [0.15, 0.2) is 24.7 Å². The van der Waals surface area contributed by atoms with Crippen molar-refractivity contribution in [2.75, 3.05) is 25.5 Å². The number of ether oxygens (including phenoxy) is 1. The molecule has 10 heteroatoms. The fraction of sp³-hybridized carbons (Fsp3) is 0.348. The van der Waals surface area contributed by atoms with Gasteiger partial charge >= 0.3 is 0 Å². The lowest BCUT2D eigenvalue weighted by molar-refractivity contribution is -0.141. The van der Waals surface area contributed by atoms with E-state index >= 15 is 0 Å². The van der Waals surface area contributed by atoms with Gasteiger partial charge in [0.05, 0.1) is 41.9 Å². The van der Waals surface area contributed by atoms with Gasteiger partial charge in [0.2, 0.25) is 5.91 Å². The maximum atomic E-state index is 12.9. The molecule has 2 N–H and O–H groups in total. The van der Waals surface area contributed by atoms with Crippen LogP contribution in [0.25, 0.3) is 21.1 Å². The van der Waals surface area contributed by atoms with Gasteiger partial charge in [-0.25, -0.2) is 9.97 Å². The molecular weight excluding hydrogens is 438 g/mol.